The smallest absolute Gasteiger partial charge is 0.410 e. The van der Waals surface area contributed by atoms with Crippen LogP contribution in [0.4, 0.5) is 16.6 Å². The molecule has 1 aromatic rings. The summed E-state index contributed by atoms with van der Waals surface area (Å²) in [6.07, 6.45) is 2.06. The fraction of sp³-hybridized carbons (Fsp3) is 0.615. The highest BCUT2D eigenvalue weighted by atomic mass is 16.6. The largest absolute Gasteiger partial charge is 0.444 e. The minimum Gasteiger partial charge on any atom is -0.444 e. The maximum atomic E-state index is 11.7. The van der Waals surface area contributed by atoms with E-state index in [1.54, 1.807) is 24.2 Å². The SMILES string of the molecule is CN(CCCNc1ccnc(N)n1)C(=O)OC(C)(C)C. The number of nitrogens with two attached hydrogens (primary N) is 1. The van der Waals surface area contributed by atoms with Gasteiger partial charge in [0, 0.05) is 26.3 Å². The quantitative estimate of drug-likeness (QED) is 0.798. The molecule has 1 aromatic heterocycles. The van der Waals surface area contributed by atoms with Gasteiger partial charge in [-0.15, -0.1) is 0 Å². The number of aromatic nitrogens is 2. The zero-order valence-electron chi connectivity index (χ0n) is 12.5. The number of nitrogen functional groups attached to an aromatic ring is 1. The van der Waals surface area contributed by atoms with Gasteiger partial charge in [0.2, 0.25) is 5.95 Å². The Morgan fingerprint density at radius 1 is 1.50 bits per heavy atom. The van der Waals surface area contributed by atoms with E-state index in [1.165, 1.54) is 0 Å². The Morgan fingerprint density at radius 2 is 2.20 bits per heavy atom. The Labute approximate surface area is 119 Å². The second-order valence-electron chi connectivity index (χ2n) is 5.48. The summed E-state index contributed by atoms with van der Waals surface area (Å²) in [4.78, 5) is 21.1. The van der Waals surface area contributed by atoms with E-state index in [9.17, 15) is 4.79 Å². The molecule has 0 aliphatic rings. The van der Waals surface area contributed by atoms with E-state index in [4.69, 9.17) is 10.5 Å². The second kappa shape index (κ2) is 6.93. The molecule has 1 heterocycles. The minimum atomic E-state index is -0.470. The first-order valence-electron chi connectivity index (χ1n) is 6.54. The van der Waals surface area contributed by atoms with Crippen LogP contribution < -0.4 is 11.1 Å². The third-order valence-corrected chi connectivity index (χ3v) is 2.36. The summed E-state index contributed by atoms with van der Waals surface area (Å²) in [6.45, 7) is 6.82. The van der Waals surface area contributed by atoms with E-state index in [1.807, 2.05) is 20.8 Å². The Balaban J connectivity index is 2.25. The van der Waals surface area contributed by atoms with Gasteiger partial charge in [-0.25, -0.2) is 9.78 Å². The van der Waals surface area contributed by atoms with Crippen LogP contribution in [0.1, 0.15) is 27.2 Å². The summed E-state index contributed by atoms with van der Waals surface area (Å²) in [5.74, 6) is 0.915. The summed E-state index contributed by atoms with van der Waals surface area (Å²) >= 11 is 0. The molecule has 0 fully saturated rings. The van der Waals surface area contributed by atoms with Gasteiger partial charge in [-0.3, -0.25) is 0 Å². The highest BCUT2D eigenvalue weighted by Gasteiger charge is 2.18. The zero-order chi connectivity index (χ0) is 15.2. The van der Waals surface area contributed by atoms with Crippen molar-refractivity contribution >= 4 is 17.9 Å². The molecule has 0 unspecified atom stereocenters. The fourth-order valence-electron chi connectivity index (χ4n) is 1.44. The average Bonchev–Trinajstić information content (AvgIpc) is 2.32. The van der Waals surface area contributed by atoms with Gasteiger partial charge in [0.15, 0.2) is 0 Å². The van der Waals surface area contributed by atoms with Gasteiger partial charge in [-0.05, 0) is 33.3 Å². The number of carbonyl (C=O) groups is 1. The molecule has 0 saturated heterocycles. The number of carbonyl (C=O) groups excluding carboxylic acids is 1. The van der Waals surface area contributed by atoms with Crippen molar-refractivity contribution in [2.75, 3.05) is 31.2 Å². The van der Waals surface area contributed by atoms with Crippen LogP contribution in [0.15, 0.2) is 12.3 Å². The Morgan fingerprint density at radius 3 is 2.80 bits per heavy atom. The van der Waals surface area contributed by atoms with Crippen LogP contribution in [-0.2, 0) is 4.74 Å². The first-order chi connectivity index (χ1) is 9.28. The predicted molar refractivity (Wildman–Crippen MR) is 78.4 cm³/mol. The van der Waals surface area contributed by atoms with Gasteiger partial charge >= 0.3 is 6.09 Å². The van der Waals surface area contributed by atoms with Gasteiger partial charge in [-0.1, -0.05) is 0 Å². The molecule has 7 heteroatoms. The van der Waals surface area contributed by atoms with E-state index < -0.39 is 5.60 Å². The molecular weight excluding hydrogens is 258 g/mol. The lowest BCUT2D eigenvalue weighted by Crippen LogP contribution is -2.35. The third kappa shape index (κ3) is 6.21. The van der Waals surface area contributed by atoms with E-state index in [0.29, 0.717) is 18.9 Å². The van der Waals surface area contributed by atoms with Crippen LogP contribution in [0.2, 0.25) is 0 Å². The Bertz CT molecular complexity index is 445. The van der Waals surface area contributed by atoms with Gasteiger partial charge < -0.3 is 20.7 Å². The van der Waals surface area contributed by atoms with Crippen LogP contribution in [-0.4, -0.2) is 46.7 Å². The van der Waals surface area contributed by atoms with Gasteiger partial charge in [0.1, 0.15) is 11.4 Å². The van der Waals surface area contributed by atoms with Crippen molar-refractivity contribution < 1.29 is 9.53 Å². The van der Waals surface area contributed by atoms with E-state index in [-0.39, 0.29) is 12.0 Å². The summed E-state index contributed by atoms with van der Waals surface area (Å²) < 4.78 is 5.26. The van der Waals surface area contributed by atoms with Crippen molar-refractivity contribution in [1.29, 1.82) is 0 Å². The second-order valence-corrected chi connectivity index (χ2v) is 5.48. The number of rotatable bonds is 5. The van der Waals surface area contributed by atoms with Crippen molar-refractivity contribution in [2.45, 2.75) is 32.8 Å². The zero-order valence-corrected chi connectivity index (χ0v) is 12.5. The number of hydrogen-bond donors (Lipinski definition) is 2. The summed E-state index contributed by atoms with van der Waals surface area (Å²) in [6, 6.07) is 1.74. The number of nitrogens with zero attached hydrogens (tertiary/aromatic N) is 3. The van der Waals surface area contributed by atoms with Gasteiger partial charge in [0.05, 0.1) is 0 Å². The van der Waals surface area contributed by atoms with E-state index in [2.05, 4.69) is 15.3 Å². The van der Waals surface area contributed by atoms with Crippen molar-refractivity contribution in [1.82, 2.24) is 14.9 Å². The topological polar surface area (TPSA) is 93.4 Å². The molecule has 0 aromatic carbocycles. The molecule has 0 bridgehead atoms. The van der Waals surface area contributed by atoms with Crippen LogP contribution in [0.5, 0.6) is 0 Å². The van der Waals surface area contributed by atoms with Gasteiger partial charge in [-0.2, -0.15) is 4.98 Å². The standard InChI is InChI=1S/C13H23N5O2/c1-13(2,3)20-12(19)18(4)9-5-7-15-10-6-8-16-11(14)17-10/h6,8H,5,7,9H2,1-4H3,(H3,14,15,16,17). The molecule has 1 amide bonds. The normalized spacial score (nSPS) is 11.0. The van der Waals surface area contributed by atoms with Crippen LogP contribution in [0, 0.1) is 0 Å². The number of nitrogens with one attached hydrogen (secondary N) is 1. The molecular formula is C13H23N5O2. The molecule has 0 atom stereocenters. The van der Waals surface area contributed by atoms with Crippen LogP contribution in [0.3, 0.4) is 0 Å². The third-order valence-electron chi connectivity index (χ3n) is 2.36. The highest BCUT2D eigenvalue weighted by molar-refractivity contribution is 5.67. The Hall–Kier alpha value is -2.05. The molecule has 3 N–H and O–H groups in total. The number of hydrogen-bond acceptors (Lipinski definition) is 6. The van der Waals surface area contributed by atoms with Crippen molar-refractivity contribution in [2.24, 2.45) is 0 Å². The molecule has 1 rings (SSSR count). The predicted octanol–water partition coefficient (Wildman–Crippen LogP) is 1.73. The lowest BCUT2D eigenvalue weighted by Gasteiger charge is -2.24. The molecule has 7 nitrogen and oxygen atoms in total. The first kappa shape index (κ1) is 16.0. The summed E-state index contributed by atoms with van der Waals surface area (Å²) in [5, 5.41) is 3.12. The summed E-state index contributed by atoms with van der Waals surface area (Å²) in [5.41, 5.74) is 5.01. The molecule has 0 radical (unpaired) electrons. The molecule has 20 heavy (non-hydrogen) atoms. The average molecular weight is 281 g/mol. The minimum absolute atomic E-state index is 0.237. The molecule has 0 saturated carbocycles. The number of anilines is 2. The molecule has 0 aliphatic heterocycles. The van der Waals surface area contributed by atoms with E-state index >= 15 is 0 Å². The van der Waals surface area contributed by atoms with E-state index in [0.717, 1.165) is 6.42 Å². The maximum absolute atomic E-state index is 11.7. The Kier molecular flexibility index (Phi) is 5.54. The van der Waals surface area contributed by atoms with Gasteiger partial charge in [0.25, 0.3) is 0 Å². The number of amides is 1. The van der Waals surface area contributed by atoms with Crippen LogP contribution >= 0.6 is 0 Å². The van der Waals surface area contributed by atoms with Crippen molar-refractivity contribution in [3.05, 3.63) is 12.3 Å². The first-order valence-corrected chi connectivity index (χ1v) is 6.54. The summed E-state index contributed by atoms with van der Waals surface area (Å²) in [7, 11) is 1.72. The highest BCUT2D eigenvalue weighted by Crippen LogP contribution is 2.09. The van der Waals surface area contributed by atoms with Crippen molar-refractivity contribution in [3.8, 4) is 0 Å². The fourth-order valence-corrected chi connectivity index (χ4v) is 1.44. The lowest BCUT2D eigenvalue weighted by atomic mass is 10.2. The lowest BCUT2D eigenvalue weighted by molar-refractivity contribution is 0.0298. The maximum Gasteiger partial charge on any atom is 0.410 e. The molecule has 0 aliphatic carbocycles. The van der Waals surface area contributed by atoms with Crippen LogP contribution in [0.25, 0.3) is 0 Å². The number of ether oxygens (including phenoxy) is 1. The van der Waals surface area contributed by atoms with Crippen molar-refractivity contribution in [3.63, 3.8) is 0 Å². The monoisotopic (exact) mass is 281 g/mol. The molecule has 112 valence electrons. The molecule has 0 spiro atoms.